The largest absolute Gasteiger partial charge is 0.368 e. The van der Waals surface area contributed by atoms with Crippen LogP contribution in [0.1, 0.15) is 12.5 Å². The molecule has 1 aliphatic heterocycles. The van der Waals surface area contributed by atoms with Crippen molar-refractivity contribution in [3.63, 3.8) is 0 Å². The Morgan fingerprint density at radius 2 is 1.72 bits per heavy atom. The van der Waals surface area contributed by atoms with E-state index in [4.69, 9.17) is 5.73 Å². The number of para-hydroxylation sites is 1. The van der Waals surface area contributed by atoms with E-state index in [0.29, 0.717) is 6.42 Å². The highest BCUT2D eigenvalue weighted by Crippen LogP contribution is 2.28. The van der Waals surface area contributed by atoms with E-state index in [2.05, 4.69) is 34.1 Å². The van der Waals surface area contributed by atoms with Gasteiger partial charge in [0.05, 0.1) is 4.92 Å². The van der Waals surface area contributed by atoms with Crippen LogP contribution in [0.5, 0.6) is 0 Å². The second-order valence-corrected chi connectivity index (χ2v) is 6.56. The fourth-order valence-corrected chi connectivity index (χ4v) is 3.35. The third kappa shape index (κ3) is 4.09. The van der Waals surface area contributed by atoms with Gasteiger partial charge in [-0.1, -0.05) is 18.2 Å². The van der Waals surface area contributed by atoms with Crippen LogP contribution in [0.15, 0.2) is 48.5 Å². The predicted molar refractivity (Wildman–Crippen MR) is 101 cm³/mol. The molecule has 6 nitrogen and oxygen atoms in total. The molecular formula is C19H24N4O2. The van der Waals surface area contributed by atoms with Crippen molar-refractivity contribution in [3.8, 4) is 0 Å². The van der Waals surface area contributed by atoms with E-state index in [-0.39, 0.29) is 16.7 Å². The fraction of sp³-hybridized carbons (Fsp3) is 0.368. The number of benzene rings is 2. The molecule has 0 radical (unpaired) electrons. The van der Waals surface area contributed by atoms with Gasteiger partial charge in [0.2, 0.25) is 0 Å². The number of rotatable bonds is 5. The molecule has 1 aliphatic rings. The lowest BCUT2D eigenvalue weighted by Crippen LogP contribution is -2.47. The molecule has 1 saturated heterocycles. The molecule has 0 amide bonds. The molecule has 2 aromatic carbocycles. The summed E-state index contributed by atoms with van der Waals surface area (Å²) < 4.78 is 0. The predicted octanol–water partition coefficient (Wildman–Crippen LogP) is 2.81. The minimum Gasteiger partial charge on any atom is -0.368 e. The Morgan fingerprint density at radius 1 is 1.08 bits per heavy atom. The third-order valence-corrected chi connectivity index (χ3v) is 4.56. The molecule has 1 heterocycles. The van der Waals surface area contributed by atoms with Gasteiger partial charge < -0.3 is 15.5 Å². The monoisotopic (exact) mass is 340 g/mol. The molecule has 3 rings (SSSR count). The van der Waals surface area contributed by atoms with Crippen molar-refractivity contribution in [2.24, 2.45) is 5.73 Å². The maximum atomic E-state index is 11.1. The summed E-state index contributed by atoms with van der Waals surface area (Å²) in [7, 11) is 0. The van der Waals surface area contributed by atoms with Crippen LogP contribution in [0.3, 0.4) is 0 Å². The molecule has 0 saturated carbocycles. The molecule has 0 aromatic heterocycles. The minimum absolute atomic E-state index is 0.0358. The lowest BCUT2D eigenvalue weighted by atomic mass is 10.0. The van der Waals surface area contributed by atoms with Crippen LogP contribution < -0.4 is 15.5 Å². The number of nitrogens with two attached hydrogens (primary N) is 1. The molecule has 0 spiro atoms. The van der Waals surface area contributed by atoms with E-state index < -0.39 is 0 Å². The average molecular weight is 340 g/mol. The number of non-ortho nitro benzene ring substituents is 1. The number of anilines is 2. The quantitative estimate of drug-likeness (QED) is 0.669. The number of nitrogens with zero attached hydrogens (tertiary/aromatic N) is 3. The molecular weight excluding hydrogens is 316 g/mol. The molecule has 2 aromatic rings. The molecule has 0 aliphatic carbocycles. The van der Waals surface area contributed by atoms with Crippen molar-refractivity contribution in [1.82, 2.24) is 0 Å². The van der Waals surface area contributed by atoms with Gasteiger partial charge >= 0.3 is 0 Å². The summed E-state index contributed by atoms with van der Waals surface area (Å²) in [6.07, 6.45) is 0.635. The Bertz CT molecular complexity index is 725. The topological polar surface area (TPSA) is 75.6 Å². The van der Waals surface area contributed by atoms with Gasteiger partial charge in [-0.2, -0.15) is 0 Å². The molecule has 0 bridgehead atoms. The Kier molecular flexibility index (Phi) is 5.19. The number of nitro groups is 1. The summed E-state index contributed by atoms with van der Waals surface area (Å²) in [6, 6.07) is 15.5. The van der Waals surface area contributed by atoms with Gasteiger partial charge in [-0.3, -0.25) is 10.1 Å². The maximum Gasteiger partial charge on any atom is 0.269 e. The van der Waals surface area contributed by atoms with Crippen LogP contribution in [0.2, 0.25) is 0 Å². The summed E-state index contributed by atoms with van der Waals surface area (Å²) in [5, 5.41) is 11.1. The Morgan fingerprint density at radius 3 is 2.32 bits per heavy atom. The van der Waals surface area contributed by atoms with E-state index in [9.17, 15) is 10.1 Å². The van der Waals surface area contributed by atoms with Crippen LogP contribution in [-0.2, 0) is 6.42 Å². The van der Waals surface area contributed by atoms with Crippen molar-refractivity contribution < 1.29 is 4.92 Å². The van der Waals surface area contributed by atoms with E-state index in [0.717, 1.165) is 37.4 Å². The number of nitro benzene ring substituents is 1. The first-order valence-electron chi connectivity index (χ1n) is 8.62. The normalized spacial score (nSPS) is 15.9. The van der Waals surface area contributed by atoms with Gasteiger partial charge in [0.15, 0.2) is 0 Å². The molecule has 25 heavy (non-hydrogen) atoms. The fourth-order valence-electron chi connectivity index (χ4n) is 3.35. The SMILES string of the molecule is CC(N)Cc1cc([N+](=O)[O-])ccc1N1CCN(c2ccccc2)CC1. The Labute approximate surface area is 148 Å². The van der Waals surface area contributed by atoms with Gasteiger partial charge in [0, 0.05) is 55.7 Å². The third-order valence-electron chi connectivity index (χ3n) is 4.56. The lowest BCUT2D eigenvalue weighted by molar-refractivity contribution is -0.384. The second-order valence-electron chi connectivity index (χ2n) is 6.56. The summed E-state index contributed by atoms with van der Waals surface area (Å²) in [6.45, 7) is 5.56. The van der Waals surface area contributed by atoms with Crippen LogP contribution in [0, 0.1) is 10.1 Å². The van der Waals surface area contributed by atoms with Crippen LogP contribution >= 0.6 is 0 Å². The first-order chi connectivity index (χ1) is 12.0. The van der Waals surface area contributed by atoms with E-state index in [1.807, 2.05) is 19.1 Å². The number of piperazine rings is 1. The average Bonchev–Trinajstić information content (AvgIpc) is 2.62. The van der Waals surface area contributed by atoms with Crippen molar-refractivity contribution >= 4 is 17.1 Å². The Balaban J connectivity index is 1.77. The molecule has 6 heteroatoms. The lowest BCUT2D eigenvalue weighted by Gasteiger charge is -2.38. The standard InChI is InChI=1S/C19H24N4O2/c1-15(20)13-16-14-18(23(24)25)7-8-19(16)22-11-9-21(10-12-22)17-5-3-2-4-6-17/h2-8,14-15H,9-13,20H2,1H3. The molecule has 2 N–H and O–H groups in total. The Hall–Kier alpha value is -2.60. The summed E-state index contributed by atoms with van der Waals surface area (Å²) in [5.74, 6) is 0. The van der Waals surface area contributed by atoms with E-state index >= 15 is 0 Å². The highest BCUT2D eigenvalue weighted by atomic mass is 16.6. The maximum absolute atomic E-state index is 11.1. The summed E-state index contributed by atoms with van der Waals surface area (Å²) in [4.78, 5) is 15.4. The van der Waals surface area contributed by atoms with Gasteiger partial charge in [-0.05, 0) is 37.1 Å². The minimum atomic E-state index is -0.345. The first kappa shape index (κ1) is 17.2. The number of hydrogen-bond acceptors (Lipinski definition) is 5. The molecule has 1 unspecified atom stereocenters. The first-order valence-corrected chi connectivity index (χ1v) is 8.62. The van der Waals surface area contributed by atoms with Crippen molar-refractivity contribution in [3.05, 3.63) is 64.2 Å². The van der Waals surface area contributed by atoms with Crippen molar-refractivity contribution in [2.75, 3.05) is 36.0 Å². The summed E-state index contributed by atoms with van der Waals surface area (Å²) in [5.41, 5.74) is 9.34. The van der Waals surface area contributed by atoms with Crippen LogP contribution in [-0.4, -0.2) is 37.1 Å². The van der Waals surface area contributed by atoms with E-state index in [1.54, 1.807) is 12.1 Å². The van der Waals surface area contributed by atoms with Gasteiger partial charge in [-0.15, -0.1) is 0 Å². The second kappa shape index (κ2) is 7.53. The molecule has 1 atom stereocenters. The van der Waals surface area contributed by atoms with Crippen LogP contribution in [0.25, 0.3) is 0 Å². The van der Waals surface area contributed by atoms with Gasteiger partial charge in [0.25, 0.3) is 5.69 Å². The summed E-state index contributed by atoms with van der Waals surface area (Å²) >= 11 is 0. The zero-order chi connectivity index (χ0) is 17.8. The number of hydrogen-bond donors (Lipinski definition) is 1. The smallest absolute Gasteiger partial charge is 0.269 e. The molecule has 1 fully saturated rings. The van der Waals surface area contributed by atoms with Gasteiger partial charge in [0.1, 0.15) is 0 Å². The van der Waals surface area contributed by atoms with Gasteiger partial charge in [-0.25, -0.2) is 0 Å². The highest BCUT2D eigenvalue weighted by Gasteiger charge is 2.21. The highest BCUT2D eigenvalue weighted by molar-refractivity contribution is 5.59. The van der Waals surface area contributed by atoms with Crippen LogP contribution in [0.4, 0.5) is 17.1 Å². The van der Waals surface area contributed by atoms with Crippen molar-refractivity contribution in [1.29, 1.82) is 0 Å². The van der Waals surface area contributed by atoms with Crippen molar-refractivity contribution in [2.45, 2.75) is 19.4 Å². The van der Waals surface area contributed by atoms with E-state index in [1.165, 1.54) is 5.69 Å². The molecule has 132 valence electrons. The zero-order valence-corrected chi connectivity index (χ0v) is 14.5. The zero-order valence-electron chi connectivity index (χ0n) is 14.5.